The molecule has 3 N–H and O–H groups in total. The Bertz CT molecular complexity index is 876. The molecular formula is C18H21N7. The minimum absolute atomic E-state index is 0.445. The van der Waals surface area contributed by atoms with Crippen LogP contribution in [-0.2, 0) is 0 Å². The number of benzene rings is 1. The first-order valence-electron chi connectivity index (χ1n) is 8.87. The highest BCUT2D eigenvalue weighted by Gasteiger charge is 2.34. The van der Waals surface area contributed by atoms with Crippen molar-refractivity contribution in [1.82, 2.24) is 30.6 Å². The zero-order valence-corrected chi connectivity index (χ0v) is 13.9. The van der Waals surface area contributed by atoms with Gasteiger partial charge in [-0.3, -0.25) is 10.9 Å². The lowest BCUT2D eigenvalue weighted by Crippen LogP contribution is -2.39. The summed E-state index contributed by atoms with van der Waals surface area (Å²) in [6.07, 6.45) is 6.97. The minimum Gasteiger partial charge on any atom is -0.367 e. The van der Waals surface area contributed by atoms with Gasteiger partial charge in [-0.05, 0) is 37.3 Å². The number of nitrogens with zero attached hydrogens (tertiary/aromatic N) is 4. The van der Waals surface area contributed by atoms with Gasteiger partial charge in [0, 0.05) is 18.6 Å². The van der Waals surface area contributed by atoms with E-state index in [0.29, 0.717) is 18.0 Å². The van der Waals surface area contributed by atoms with Gasteiger partial charge in [0.2, 0.25) is 0 Å². The van der Waals surface area contributed by atoms with Crippen molar-refractivity contribution in [2.24, 2.45) is 5.92 Å². The highest BCUT2D eigenvalue weighted by molar-refractivity contribution is 5.87. The van der Waals surface area contributed by atoms with Crippen molar-refractivity contribution >= 4 is 16.9 Å². The van der Waals surface area contributed by atoms with Gasteiger partial charge in [-0.1, -0.05) is 18.2 Å². The number of rotatable bonds is 3. The van der Waals surface area contributed by atoms with E-state index in [0.717, 1.165) is 41.9 Å². The average Bonchev–Trinajstić information content (AvgIpc) is 3.29. The third kappa shape index (κ3) is 2.65. The largest absolute Gasteiger partial charge is 0.367 e. The van der Waals surface area contributed by atoms with Crippen LogP contribution in [-0.4, -0.2) is 38.4 Å². The van der Waals surface area contributed by atoms with Gasteiger partial charge in [0.05, 0.1) is 17.3 Å². The Morgan fingerprint density at radius 3 is 2.96 bits per heavy atom. The summed E-state index contributed by atoms with van der Waals surface area (Å²) in [6.45, 7) is 1.05. The van der Waals surface area contributed by atoms with Gasteiger partial charge in [-0.15, -0.1) is 0 Å². The Morgan fingerprint density at radius 2 is 2.04 bits per heavy atom. The topological polar surface area (TPSA) is 79.7 Å². The fourth-order valence-electron chi connectivity index (χ4n) is 4.04. The first-order valence-corrected chi connectivity index (χ1v) is 8.87. The SMILES string of the molecule is c1ccc(-n2ncc3c(NC4CCC5NNCC5C4)ncnc32)cc1. The lowest BCUT2D eigenvalue weighted by molar-refractivity contribution is 0.314. The van der Waals surface area contributed by atoms with Crippen molar-refractivity contribution < 1.29 is 0 Å². The van der Waals surface area contributed by atoms with Crippen molar-refractivity contribution in [3.63, 3.8) is 0 Å². The van der Waals surface area contributed by atoms with Crippen LogP contribution in [0.15, 0.2) is 42.9 Å². The van der Waals surface area contributed by atoms with Crippen LogP contribution in [0, 0.1) is 5.92 Å². The molecule has 0 radical (unpaired) electrons. The van der Waals surface area contributed by atoms with Gasteiger partial charge in [-0.2, -0.15) is 5.10 Å². The molecule has 2 fully saturated rings. The normalized spacial score (nSPS) is 25.8. The summed E-state index contributed by atoms with van der Waals surface area (Å²) in [5, 5.41) is 9.14. The standard InChI is InChI=1S/C18H21N7/c1-2-4-14(5-3-1)25-18-15(10-22-25)17(19-11-20-18)23-13-6-7-16-12(8-13)9-21-24-16/h1-5,10-13,16,21,24H,6-9H2,(H,19,20,23). The number of anilines is 1. The first kappa shape index (κ1) is 14.8. The van der Waals surface area contributed by atoms with E-state index in [2.05, 4.69) is 31.2 Å². The molecule has 1 saturated heterocycles. The molecule has 3 unspecified atom stereocenters. The Kier molecular flexibility index (Phi) is 3.61. The lowest BCUT2D eigenvalue weighted by Gasteiger charge is -2.31. The molecule has 7 heteroatoms. The van der Waals surface area contributed by atoms with E-state index in [1.807, 2.05) is 41.2 Å². The first-order chi connectivity index (χ1) is 12.4. The molecule has 1 aromatic carbocycles. The van der Waals surface area contributed by atoms with Crippen LogP contribution >= 0.6 is 0 Å². The summed E-state index contributed by atoms with van der Waals surface area (Å²) in [6, 6.07) is 11.1. The number of aromatic nitrogens is 4. The molecule has 0 bridgehead atoms. The van der Waals surface area contributed by atoms with E-state index in [1.165, 1.54) is 6.42 Å². The molecule has 2 aliphatic rings. The van der Waals surface area contributed by atoms with Crippen LogP contribution in [0.4, 0.5) is 5.82 Å². The molecule has 5 rings (SSSR count). The molecule has 25 heavy (non-hydrogen) atoms. The van der Waals surface area contributed by atoms with Crippen LogP contribution in [0.2, 0.25) is 0 Å². The zero-order valence-electron chi connectivity index (χ0n) is 13.9. The Balaban J connectivity index is 1.43. The van der Waals surface area contributed by atoms with Gasteiger partial charge in [-0.25, -0.2) is 14.6 Å². The number of hydrogen-bond donors (Lipinski definition) is 3. The molecule has 1 aliphatic carbocycles. The van der Waals surface area contributed by atoms with Gasteiger partial charge in [0.1, 0.15) is 12.1 Å². The summed E-state index contributed by atoms with van der Waals surface area (Å²) >= 11 is 0. The summed E-state index contributed by atoms with van der Waals surface area (Å²) in [5.74, 6) is 1.57. The van der Waals surface area contributed by atoms with E-state index in [1.54, 1.807) is 6.33 Å². The van der Waals surface area contributed by atoms with E-state index >= 15 is 0 Å². The fourth-order valence-corrected chi connectivity index (χ4v) is 4.04. The van der Waals surface area contributed by atoms with Crippen molar-refractivity contribution in [3.8, 4) is 5.69 Å². The van der Waals surface area contributed by atoms with Crippen LogP contribution < -0.4 is 16.2 Å². The molecule has 2 aromatic heterocycles. The number of para-hydroxylation sites is 1. The predicted molar refractivity (Wildman–Crippen MR) is 96.3 cm³/mol. The van der Waals surface area contributed by atoms with E-state index in [4.69, 9.17) is 0 Å². The second-order valence-corrected chi connectivity index (χ2v) is 6.90. The average molecular weight is 335 g/mol. The van der Waals surface area contributed by atoms with Crippen LogP contribution in [0.3, 0.4) is 0 Å². The quantitative estimate of drug-likeness (QED) is 0.678. The molecule has 128 valence electrons. The summed E-state index contributed by atoms with van der Waals surface area (Å²) in [5.41, 5.74) is 8.50. The van der Waals surface area contributed by atoms with Crippen LogP contribution in [0.1, 0.15) is 19.3 Å². The Labute approximate surface area is 145 Å². The highest BCUT2D eigenvalue weighted by Crippen LogP contribution is 2.30. The van der Waals surface area contributed by atoms with Gasteiger partial charge in [0.25, 0.3) is 0 Å². The van der Waals surface area contributed by atoms with E-state index in [9.17, 15) is 0 Å². The summed E-state index contributed by atoms with van der Waals surface area (Å²) in [7, 11) is 0. The van der Waals surface area contributed by atoms with E-state index in [-0.39, 0.29) is 0 Å². The fraction of sp³-hybridized carbons (Fsp3) is 0.389. The predicted octanol–water partition coefficient (Wildman–Crippen LogP) is 1.87. The Morgan fingerprint density at radius 1 is 1.12 bits per heavy atom. The van der Waals surface area contributed by atoms with Gasteiger partial charge >= 0.3 is 0 Å². The number of fused-ring (bicyclic) bond motifs is 2. The minimum atomic E-state index is 0.445. The van der Waals surface area contributed by atoms with Crippen LogP contribution in [0.5, 0.6) is 0 Å². The maximum Gasteiger partial charge on any atom is 0.168 e. The molecule has 7 nitrogen and oxygen atoms in total. The van der Waals surface area contributed by atoms with E-state index < -0.39 is 0 Å². The van der Waals surface area contributed by atoms with Crippen molar-refractivity contribution in [1.29, 1.82) is 0 Å². The molecule has 3 atom stereocenters. The smallest absolute Gasteiger partial charge is 0.168 e. The Hall–Kier alpha value is -2.51. The molecule has 0 amide bonds. The second kappa shape index (κ2) is 6.09. The summed E-state index contributed by atoms with van der Waals surface area (Å²) < 4.78 is 1.86. The molecule has 3 aromatic rings. The molecular weight excluding hydrogens is 314 g/mol. The maximum absolute atomic E-state index is 4.53. The van der Waals surface area contributed by atoms with Gasteiger partial charge in [0.15, 0.2) is 5.65 Å². The molecule has 1 aliphatic heterocycles. The van der Waals surface area contributed by atoms with Crippen molar-refractivity contribution in [2.45, 2.75) is 31.3 Å². The number of nitrogens with one attached hydrogen (secondary N) is 3. The molecule has 3 heterocycles. The van der Waals surface area contributed by atoms with Crippen LogP contribution in [0.25, 0.3) is 16.7 Å². The third-order valence-electron chi connectivity index (χ3n) is 5.34. The monoisotopic (exact) mass is 335 g/mol. The number of hydrogen-bond acceptors (Lipinski definition) is 6. The molecule has 0 spiro atoms. The third-order valence-corrected chi connectivity index (χ3v) is 5.34. The molecule has 1 saturated carbocycles. The van der Waals surface area contributed by atoms with Crippen molar-refractivity contribution in [2.75, 3.05) is 11.9 Å². The maximum atomic E-state index is 4.53. The lowest BCUT2D eigenvalue weighted by atomic mass is 9.83. The highest BCUT2D eigenvalue weighted by atomic mass is 15.4. The second-order valence-electron chi connectivity index (χ2n) is 6.90. The van der Waals surface area contributed by atoms with Crippen molar-refractivity contribution in [3.05, 3.63) is 42.9 Å². The van der Waals surface area contributed by atoms with Gasteiger partial charge < -0.3 is 5.32 Å². The number of hydrazine groups is 1. The zero-order chi connectivity index (χ0) is 16.6. The summed E-state index contributed by atoms with van der Waals surface area (Å²) in [4.78, 5) is 8.94.